The van der Waals surface area contributed by atoms with Crippen LogP contribution < -0.4 is 10.2 Å². The summed E-state index contributed by atoms with van der Waals surface area (Å²) in [5.41, 5.74) is 1.17. The van der Waals surface area contributed by atoms with E-state index in [-0.39, 0.29) is 22.2 Å². The Morgan fingerprint density at radius 1 is 0.889 bits per heavy atom. The number of aromatic nitrogens is 3. The largest absolute Gasteiger partial charge is 0.417 e. The molecule has 45 heavy (non-hydrogen) atoms. The van der Waals surface area contributed by atoms with E-state index in [4.69, 9.17) is 0 Å². The molecule has 10 rings (SSSR count). The maximum atomic E-state index is 14.4. The summed E-state index contributed by atoms with van der Waals surface area (Å²) in [6, 6.07) is 10.5. The van der Waals surface area contributed by atoms with Gasteiger partial charge in [-0.1, -0.05) is 6.07 Å². The average molecular weight is 620 g/mol. The fourth-order valence-electron chi connectivity index (χ4n) is 8.79. The highest BCUT2D eigenvalue weighted by atomic mass is 19.4. The van der Waals surface area contributed by atoms with Crippen LogP contribution in [0.15, 0.2) is 55.0 Å². The first-order valence-corrected chi connectivity index (χ1v) is 16.2. The minimum absolute atomic E-state index is 0.0279. The zero-order chi connectivity index (χ0) is 31.1. The topological polar surface area (TPSA) is 71.0 Å². The average Bonchev–Trinajstić information content (AvgIpc) is 3.86. The molecular formula is C35H37F4N5O. The SMILES string of the molecule is O=C(CC12CC(F)(C1)C2)N(CC12CCC(c3ccc(C(F)(F)F)cn3)(CC1)CC2)c1cccc(Nc2ncc(C3CC3)cn2)c1. The van der Waals surface area contributed by atoms with Crippen LogP contribution >= 0.6 is 0 Å². The minimum atomic E-state index is -4.40. The Morgan fingerprint density at radius 2 is 1.58 bits per heavy atom. The summed E-state index contributed by atoms with van der Waals surface area (Å²) in [4.78, 5) is 29.3. The summed E-state index contributed by atoms with van der Waals surface area (Å²) in [5, 5.41) is 3.29. The van der Waals surface area contributed by atoms with Gasteiger partial charge in [0, 0.05) is 54.0 Å². The third-order valence-electron chi connectivity index (χ3n) is 11.6. The number of amides is 1. The van der Waals surface area contributed by atoms with Gasteiger partial charge < -0.3 is 10.2 Å². The first-order chi connectivity index (χ1) is 21.5. The molecule has 1 amide bonds. The molecule has 0 atom stereocenters. The van der Waals surface area contributed by atoms with Crippen LogP contribution in [-0.2, 0) is 16.4 Å². The number of halogens is 4. The highest BCUT2D eigenvalue weighted by molar-refractivity contribution is 5.94. The number of rotatable bonds is 9. The van der Waals surface area contributed by atoms with Crippen LogP contribution in [0.2, 0.25) is 0 Å². The summed E-state index contributed by atoms with van der Waals surface area (Å²) in [7, 11) is 0. The molecular weight excluding hydrogens is 582 g/mol. The summed E-state index contributed by atoms with van der Waals surface area (Å²) >= 11 is 0. The van der Waals surface area contributed by atoms with E-state index in [1.165, 1.54) is 12.8 Å². The molecule has 2 aromatic heterocycles. The number of fused-ring (bicyclic) bond motifs is 3. The third kappa shape index (κ3) is 5.27. The lowest BCUT2D eigenvalue weighted by atomic mass is 9.41. The molecule has 3 aromatic rings. The summed E-state index contributed by atoms with van der Waals surface area (Å²) < 4.78 is 53.8. The van der Waals surface area contributed by atoms with Gasteiger partial charge in [-0.15, -0.1) is 0 Å². The van der Waals surface area contributed by atoms with Crippen molar-refractivity contribution in [3.05, 3.63) is 71.8 Å². The predicted molar refractivity (Wildman–Crippen MR) is 162 cm³/mol. The Hall–Kier alpha value is -3.56. The fourth-order valence-corrected chi connectivity index (χ4v) is 8.79. The van der Waals surface area contributed by atoms with Crippen molar-refractivity contribution in [2.75, 3.05) is 16.8 Å². The van der Waals surface area contributed by atoms with Crippen molar-refractivity contribution in [2.45, 2.75) is 100 Å². The van der Waals surface area contributed by atoms with Crippen LogP contribution in [0.25, 0.3) is 0 Å². The second kappa shape index (κ2) is 9.97. The quantitative estimate of drug-likeness (QED) is 0.244. The van der Waals surface area contributed by atoms with Gasteiger partial charge in [0.25, 0.3) is 0 Å². The van der Waals surface area contributed by atoms with Crippen molar-refractivity contribution >= 4 is 23.2 Å². The number of hydrogen-bond donors (Lipinski definition) is 1. The van der Waals surface area contributed by atoms with Crippen LogP contribution in [0.5, 0.6) is 0 Å². The molecule has 1 N–H and O–H groups in total. The van der Waals surface area contributed by atoms with Crippen molar-refractivity contribution in [3.63, 3.8) is 0 Å². The van der Waals surface area contributed by atoms with Gasteiger partial charge in [0.15, 0.2) is 0 Å². The van der Waals surface area contributed by atoms with Gasteiger partial charge in [-0.25, -0.2) is 14.4 Å². The van der Waals surface area contributed by atoms with Gasteiger partial charge in [-0.3, -0.25) is 9.78 Å². The molecule has 7 saturated carbocycles. The van der Waals surface area contributed by atoms with Gasteiger partial charge >= 0.3 is 6.18 Å². The van der Waals surface area contributed by atoms with Gasteiger partial charge in [-0.05, 0) is 123 Å². The molecule has 6 nitrogen and oxygen atoms in total. The number of benzene rings is 1. The Morgan fingerprint density at radius 3 is 2.16 bits per heavy atom. The molecule has 0 radical (unpaired) electrons. The van der Waals surface area contributed by atoms with Gasteiger partial charge in [0.1, 0.15) is 5.67 Å². The number of anilines is 3. The van der Waals surface area contributed by atoms with Crippen molar-refractivity contribution in [1.29, 1.82) is 0 Å². The Bertz CT molecular complexity index is 1570. The molecule has 0 unspecified atom stereocenters. The number of pyridine rings is 1. The number of alkyl halides is 4. The third-order valence-corrected chi connectivity index (χ3v) is 11.6. The van der Waals surface area contributed by atoms with Gasteiger partial charge in [0.05, 0.1) is 5.56 Å². The van der Waals surface area contributed by atoms with E-state index in [0.717, 1.165) is 73.4 Å². The first kappa shape index (κ1) is 28.9. The Kier molecular flexibility index (Phi) is 6.40. The molecule has 7 fully saturated rings. The highest BCUT2D eigenvalue weighted by Crippen LogP contribution is 2.71. The number of carbonyl (C=O) groups excluding carboxylic acids is 1. The first-order valence-electron chi connectivity index (χ1n) is 16.2. The molecule has 7 aliphatic carbocycles. The lowest BCUT2D eigenvalue weighted by Crippen LogP contribution is -2.65. The number of nitrogens with zero attached hydrogens (tertiary/aromatic N) is 4. The zero-order valence-electron chi connectivity index (χ0n) is 25.2. The Balaban J connectivity index is 1.01. The van der Waals surface area contributed by atoms with Crippen LogP contribution in [0.1, 0.15) is 99.8 Å². The molecule has 1 aromatic carbocycles. The maximum absolute atomic E-state index is 14.4. The smallest absolute Gasteiger partial charge is 0.324 e. The predicted octanol–water partition coefficient (Wildman–Crippen LogP) is 8.42. The molecule has 10 heteroatoms. The van der Waals surface area contributed by atoms with Gasteiger partial charge in [0.2, 0.25) is 11.9 Å². The monoisotopic (exact) mass is 619 g/mol. The number of hydrogen-bond acceptors (Lipinski definition) is 5. The van der Waals surface area contributed by atoms with E-state index in [1.807, 2.05) is 41.6 Å². The van der Waals surface area contributed by atoms with Crippen molar-refractivity contribution < 1.29 is 22.4 Å². The van der Waals surface area contributed by atoms with Crippen molar-refractivity contribution in [2.24, 2.45) is 10.8 Å². The van der Waals surface area contributed by atoms with Crippen LogP contribution in [-0.4, -0.2) is 33.1 Å². The lowest BCUT2D eigenvalue weighted by molar-refractivity contribution is -0.215. The van der Waals surface area contributed by atoms with E-state index in [9.17, 15) is 22.4 Å². The molecule has 2 heterocycles. The van der Waals surface area contributed by atoms with E-state index in [1.54, 1.807) is 6.07 Å². The van der Waals surface area contributed by atoms with E-state index in [2.05, 4.69) is 20.3 Å². The second-order valence-corrected chi connectivity index (χ2v) is 14.8. The summed E-state index contributed by atoms with van der Waals surface area (Å²) in [5.74, 6) is 1.11. The van der Waals surface area contributed by atoms with Crippen molar-refractivity contribution in [1.82, 2.24) is 15.0 Å². The van der Waals surface area contributed by atoms with Crippen LogP contribution in [0.4, 0.5) is 34.9 Å². The zero-order valence-corrected chi connectivity index (χ0v) is 25.2. The summed E-state index contributed by atoms with van der Waals surface area (Å²) in [6.45, 7) is 0.565. The lowest BCUT2D eigenvalue weighted by Gasteiger charge is -2.66. The molecule has 4 bridgehead atoms. The number of nitrogens with one attached hydrogen (secondary N) is 1. The molecule has 236 valence electrons. The van der Waals surface area contributed by atoms with Gasteiger partial charge in [-0.2, -0.15) is 13.2 Å². The fraction of sp³-hybridized carbons (Fsp3) is 0.543. The molecule has 0 spiro atoms. The van der Waals surface area contributed by atoms with E-state index in [0.29, 0.717) is 44.1 Å². The molecule has 0 saturated heterocycles. The van der Waals surface area contributed by atoms with Crippen LogP contribution in [0, 0.1) is 10.8 Å². The molecule has 0 aliphatic heterocycles. The normalized spacial score (nSPS) is 31.6. The van der Waals surface area contributed by atoms with E-state index >= 15 is 0 Å². The van der Waals surface area contributed by atoms with Crippen molar-refractivity contribution in [3.8, 4) is 0 Å². The number of carbonyl (C=O) groups is 1. The Labute approximate surface area is 260 Å². The standard InChI is InChI=1S/C35H37F4N5O/c36-34-19-32(20-34,21-34)15-29(45)44(27-3-1-2-26(14-27)43-30-41-16-24(17-42-30)23-4-5-23)22-31-8-11-33(12-9-31,13-10-31)28-7-6-25(18-40-28)35(37,38)39/h1-3,6-7,14,16-18,23H,4-5,8-13,15,19-22H2,(H,41,42,43). The maximum Gasteiger partial charge on any atom is 0.417 e. The van der Waals surface area contributed by atoms with E-state index < -0.39 is 17.4 Å². The van der Waals surface area contributed by atoms with Crippen LogP contribution in [0.3, 0.4) is 0 Å². The second-order valence-electron chi connectivity index (χ2n) is 14.8. The minimum Gasteiger partial charge on any atom is -0.324 e. The molecule has 7 aliphatic rings. The highest BCUT2D eigenvalue weighted by Gasteiger charge is 2.69. The summed E-state index contributed by atoms with van der Waals surface area (Å²) in [6.07, 6.45) is 9.55.